The van der Waals surface area contributed by atoms with Crippen LogP contribution in [0.2, 0.25) is 0 Å². The van der Waals surface area contributed by atoms with Gasteiger partial charge < -0.3 is 15.2 Å². The van der Waals surface area contributed by atoms with E-state index in [9.17, 15) is 14.3 Å². The van der Waals surface area contributed by atoms with Crippen LogP contribution >= 0.6 is 0 Å². The van der Waals surface area contributed by atoms with Crippen LogP contribution in [0.25, 0.3) is 16.9 Å². The number of anilines is 2. The van der Waals surface area contributed by atoms with Crippen molar-refractivity contribution >= 4 is 17.5 Å². The molecule has 0 bridgehead atoms. The summed E-state index contributed by atoms with van der Waals surface area (Å²) in [7, 11) is 1.48. The molecule has 6 nitrogen and oxygen atoms in total. The van der Waals surface area contributed by atoms with E-state index in [1.165, 1.54) is 25.3 Å². The Morgan fingerprint density at radius 1 is 1.06 bits per heavy atom. The van der Waals surface area contributed by atoms with E-state index >= 15 is 0 Å². The van der Waals surface area contributed by atoms with Crippen molar-refractivity contribution in [2.45, 2.75) is 6.92 Å². The smallest absolute Gasteiger partial charge is 0.337 e. The third-order valence-corrected chi connectivity index (χ3v) is 4.91. The summed E-state index contributed by atoms with van der Waals surface area (Å²) in [5.41, 5.74) is 3.66. The molecule has 0 spiro atoms. The molecule has 0 radical (unpaired) electrons. The number of methoxy groups -OCH3 is 1. The lowest BCUT2D eigenvalue weighted by molar-refractivity contribution is 0.0697. The van der Waals surface area contributed by atoms with E-state index in [0.29, 0.717) is 22.9 Å². The van der Waals surface area contributed by atoms with Crippen LogP contribution in [0.15, 0.2) is 72.8 Å². The van der Waals surface area contributed by atoms with Gasteiger partial charge in [0.05, 0.1) is 29.7 Å². The minimum Gasteiger partial charge on any atom is -0.497 e. The van der Waals surface area contributed by atoms with Crippen LogP contribution in [0.1, 0.15) is 15.9 Å². The third kappa shape index (κ3) is 4.11. The first kappa shape index (κ1) is 20.2. The fourth-order valence-corrected chi connectivity index (χ4v) is 3.29. The number of hydrogen-bond acceptors (Lipinski definition) is 4. The summed E-state index contributed by atoms with van der Waals surface area (Å²) in [6.45, 7) is 1.97. The molecule has 0 saturated heterocycles. The Balaban J connectivity index is 1.84. The Bertz CT molecular complexity index is 1250. The molecule has 4 rings (SSSR count). The monoisotopic (exact) mass is 417 g/mol. The molecule has 1 aromatic heterocycles. The number of carboxylic acids is 1. The van der Waals surface area contributed by atoms with E-state index in [1.807, 2.05) is 31.2 Å². The predicted molar refractivity (Wildman–Crippen MR) is 117 cm³/mol. The lowest BCUT2D eigenvalue weighted by Crippen LogP contribution is -2.07. The standard InChI is InChI=1S/C24H20FN3O3/c1-15-5-3-4-6-22(15)28-23(14-21(27-28)16-7-9-17(25)10-8-16)26-20-12-11-18(31-2)13-19(20)24(29)30/h3-14,26H,1-2H3,(H,29,30). The van der Waals surface area contributed by atoms with Crippen LogP contribution in [-0.4, -0.2) is 28.0 Å². The SMILES string of the molecule is COc1ccc(Nc2cc(-c3ccc(F)cc3)nn2-c2ccccc2C)c(C(=O)O)c1. The number of carboxylic acid groups (broad SMARTS) is 1. The maximum absolute atomic E-state index is 13.4. The van der Waals surface area contributed by atoms with Crippen LogP contribution in [0.3, 0.4) is 0 Å². The summed E-state index contributed by atoms with van der Waals surface area (Å²) in [6.07, 6.45) is 0. The van der Waals surface area contributed by atoms with Gasteiger partial charge in [0.25, 0.3) is 0 Å². The number of benzene rings is 3. The van der Waals surface area contributed by atoms with E-state index in [1.54, 1.807) is 35.0 Å². The lowest BCUT2D eigenvalue weighted by atomic mass is 10.1. The molecule has 156 valence electrons. The first-order valence-electron chi connectivity index (χ1n) is 9.56. The summed E-state index contributed by atoms with van der Waals surface area (Å²) in [5, 5.41) is 17.5. The first-order valence-corrected chi connectivity index (χ1v) is 9.56. The fraction of sp³-hybridized carbons (Fsp3) is 0.0833. The number of ether oxygens (including phenoxy) is 1. The zero-order chi connectivity index (χ0) is 22.0. The Kier molecular flexibility index (Phi) is 5.41. The second kappa shape index (κ2) is 8.31. The molecular formula is C24H20FN3O3. The van der Waals surface area contributed by atoms with Crippen LogP contribution < -0.4 is 10.1 Å². The second-order valence-corrected chi connectivity index (χ2v) is 6.96. The number of halogens is 1. The second-order valence-electron chi connectivity index (χ2n) is 6.96. The van der Waals surface area contributed by atoms with Crippen LogP contribution in [0, 0.1) is 12.7 Å². The molecule has 4 aromatic rings. The van der Waals surface area contributed by atoms with Gasteiger partial charge in [-0.3, -0.25) is 0 Å². The molecule has 0 aliphatic rings. The average molecular weight is 417 g/mol. The molecule has 0 amide bonds. The van der Waals surface area contributed by atoms with Gasteiger partial charge in [0.15, 0.2) is 0 Å². The van der Waals surface area contributed by atoms with Gasteiger partial charge in [0.2, 0.25) is 0 Å². The average Bonchev–Trinajstić information content (AvgIpc) is 3.18. The summed E-state index contributed by atoms with van der Waals surface area (Å²) < 4.78 is 20.2. The molecular weight excluding hydrogens is 397 g/mol. The first-order chi connectivity index (χ1) is 15.0. The Hall–Kier alpha value is -4.13. The molecule has 31 heavy (non-hydrogen) atoms. The van der Waals surface area contributed by atoms with Crippen molar-refractivity contribution in [2.24, 2.45) is 0 Å². The van der Waals surface area contributed by atoms with Crippen LogP contribution in [-0.2, 0) is 0 Å². The van der Waals surface area contributed by atoms with E-state index in [4.69, 9.17) is 9.84 Å². The zero-order valence-electron chi connectivity index (χ0n) is 17.0. The summed E-state index contributed by atoms with van der Waals surface area (Å²) >= 11 is 0. The van der Waals surface area contributed by atoms with Crippen molar-refractivity contribution in [3.63, 3.8) is 0 Å². The minimum absolute atomic E-state index is 0.0696. The number of carbonyl (C=O) groups is 1. The van der Waals surface area contributed by atoms with Gasteiger partial charge in [-0.1, -0.05) is 18.2 Å². The van der Waals surface area contributed by atoms with Crippen molar-refractivity contribution < 1.29 is 19.0 Å². The normalized spacial score (nSPS) is 10.7. The Morgan fingerprint density at radius 3 is 2.48 bits per heavy atom. The van der Waals surface area contributed by atoms with E-state index < -0.39 is 5.97 Å². The summed E-state index contributed by atoms with van der Waals surface area (Å²) in [5.74, 6) is -0.393. The maximum Gasteiger partial charge on any atom is 0.337 e. The molecule has 1 heterocycles. The fourth-order valence-electron chi connectivity index (χ4n) is 3.29. The largest absolute Gasteiger partial charge is 0.497 e. The molecule has 0 saturated carbocycles. The highest BCUT2D eigenvalue weighted by molar-refractivity contribution is 5.95. The van der Waals surface area contributed by atoms with Gasteiger partial charge in [-0.25, -0.2) is 13.9 Å². The number of hydrogen-bond donors (Lipinski definition) is 2. The molecule has 0 aliphatic heterocycles. The van der Waals surface area contributed by atoms with Crippen molar-refractivity contribution in [3.8, 4) is 22.7 Å². The Morgan fingerprint density at radius 2 is 1.81 bits per heavy atom. The van der Waals surface area contributed by atoms with Crippen molar-refractivity contribution in [3.05, 3.63) is 89.7 Å². The highest BCUT2D eigenvalue weighted by atomic mass is 19.1. The van der Waals surface area contributed by atoms with Crippen LogP contribution in [0.5, 0.6) is 5.75 Å². The molecule has 0 atom stereocenters. The van der Waals surface area contributed by atoms with E-state index in [0.717, 1.165) is 16.8 Å². The van der Waals surface area contributed by atoms with Gasteiger partial charge in [-0.05, 0) is 61.0 Å². The molecule has 2 N–H and O–H groups in total. The minimum atomic E-state index is -1.08. The molecule has 0 fully saturated rings. The van der Waals surface area contributed by atoms with Gasteiger partial charge >= 0.3 is 5.97 Å². The lowest BCUT2D eigenvalue weighted by Gasteiger charge is -2.14. The predicted octanol–water partition coefficient (Wildman–Crippen LogP) is 5.44. The topological polar surface area (TPSA) is 76.4 Å². The van der Waals surface area contributed by atoms with Gasteiger partial charge in [-0.15, -0.1) is 0 Å². The molecule has 0 unspecified atom stereocenters. The highest BCUT2D eigenvalue weighted by Gasteiger charge is 2.17. The Labute approximate surface area is 178 Å². The van der Waals surface area contributed by atoms with Crippen molar-refractivity contribution in [2.75, 3.05) is 12.4 Å². The maximum atomic E-state index is 13.4. The molecule has 7 heteroatoms. The number of nitrogens with one attached hydrogen (secondary N) is 1. The number of para-hydroxylation sites is 1. The highest BCUT2D eigenvalue weighted by Crippen LogP contribution is 2.31. The van der Waals surface area contributed by atoms with Gasteiger partial charge in [0, 0.05) is 11.6 Å². The van der Waals surface area contributed by atoms with Crippen molar-refractivity contribution in [1.82, 2.24) is 9.78 Å². The molecule has 0 aliphatic carbocycles. The van der Waals surface area contributed by atoms with Crippen molar-refractivity contribution in [1.29, 1.82) is 0 Å². The number of nitrogens with zero attached hydrogens (tertiary/aromatic N) is 2. The number of aryl methyl sites for hydroxylation is 1. The third-order valence-electron chi connectivity index (χ3n) is 4.91. The van der Waals surface area contributed by atoms with Gasteiger partial charge in [-0.2, -0.15) is 5.10 Å². The van der Waals surface area contributed by atoms with E-state index in [2.05, 4.69) is 5.32 Å². The van der Waals surface area contributed by atoms with E-state index in [-0.39, 0.29) is 11.4 Å². The quantitative estimate of drug-likeness (QED) is 0.437. The zero-order valence-corrected chi connectivity index (χ0v) is 17.0. The summed E-state index contributed by atoms with van der Waals surface area (Å²) in [6, 6.07) is 20.4. The number of rotatable bonds is 6. The number of aromatic nitrogens is 2. The van der Waals surface area contributed by atoms with Gasteiger partial charge in [0.1, 0.15) is 17.4 Å². The number of aromatic carboxylic acids is 1. The van der Waals surface area contributed by atoms with Crippen LogP contribution in [0.4, 0.5) is 15.9 Å². The summed E-state index contributed by atoms with van der Waals surface area (Å²) in [4.78, 5) is 11.8. The molecule has 3 aromatic carbocycles.